The van der Waals surface area contributed by atoms with Crippen molar-refractivity contribution in [3.63, 3.8) is 0 Å². The van der Waals surface area contributed by atoms with Gasteiger partial charge >= 0.3 is 0 Å². The van der Waals surface area contributed by atoms with E-state index in [0.717, 1.165) is 24.1 Å². The predicted octanol–water partition coefficient (Wildman–Crippen LogP) is 4.58. The molecule has 39 heavy (non-hydrogen) atoms. The van der Waals surface area contributed by atoms with E-state index in [2.05, 4.69) is 23.9 Å². The molecule has 0 aliphatic rings. The number of anilines is 1. The molecule has 3 aromatic rings. The van der Waals surface area contributed by atoms with Gasteiger partial charge in [0.05, 0.1) is 4.90 Å². The van der Waals surface area contributed by atoms with Crippen molar-refractivity contribution in [3.05, 3.63) is 90.2 Å². The molecule has 0 aliphatic heterocycles. The van der Waals surface area contributed by atoms with E-state index in [1.807, 2.05) is 30.3 Å². The predicted molar refractivity (Wildman–Crippen MR) is 148 cm³/mol. The molecule has 0 radical (unpaired) electrons. The molecule has 0 heterocycles. The highest BCUT2D eigenvalue weighted by Gasteiger charge is 2.26. The maximum Gasteiger partial charge on any atom is 0.261 e. The molecule has 0 bridgehead atoms. The largest absolute Gasteiger partial charge is 0.484 e. The van der Waals surface area contributed by atoms with Crippen LogP contribution in [0.15, 0.2) is 83.8 Å². The van der Waals surface area contributed by atoms with Gasteiger partial charge in [-0.3, -0.25) is 14.3 Å². The molecule has 1 atom stereocenters. The Morgan fingerprint density at radius 2 is 1.56 bits per heavy atom. The minimum Gasteiger partial charge on any atom is -0.484 e. The van der Waals surface area contributed by atoms with Gasteiger partial charge in [-0.15, -0.1) is 0 Å². The monoisotopic (exact) mass is 555 g/mol. The Labute approximate surface area is 229 Å². The van der Waals surface area contributed by atoms with Gasteiger partial charge in [0.25, 0.3) is 15.9 Å². The van der Waals surface area contributed by atoms with Gasteiger partial charge in [-0.1, -0.05) is 44.2 Å². The first kappa shape index (κ1) is 29.6. The van der Waals surface area contributed by atoms with Crippen LogP contribution < -0.4 is 14.8 Å². The first-order valence-electron chi connectivity index (χ1n) is 12.7. The van der Waals surface area contributed by atoms with Gasteiger partial charge in [0.1, 0.15) is 17.6 Å². The van der Waals surface area contributed by atoms with E-state index in [-0.39, 0.29) is 41.3 Å². The normalized spacial score (nSPS) is 12.0. The maximum absolute atomic E-state index is 13.2. The summed E-state index contributed by atoms with van der Waals surface area (Å²) in [5.41, 5.74) is 1.10. The highest BCUT2D eigenvalue weighted by Crippen LogP contribution is 2.20. The van der Waals surface area contributed by atoms with E-state index < -0.39 is 21.9 Å². The molecule has 0 saturated heterocycles. The summed E-state index contributed by atoms with van der Waals surface area (Å²) in [6.45, 7) is 6.24. The van der Waals surface area contributed by atoms with Crippen LogP contribution in [0.2, 0.25) is 0 Å². The van der Waals surface area contributed by atoms with Gasteiger partial charge in [-0.05, 0) is 73.4 Å². The molecular formula is C29H34FN3O5S. The minimum absolute atomic E-state index is 0.0251. The SMILES string of the molecule is CC(C)CCNC(=O)[C@H](C)N(Cc1ccccc1)C(=O)COc1ccc(S(=O)(=O)Nc2ccc(F)cc2)cc1. The van der Waals surface area contributed by atoms with Gasteiger partial charge in [0, 0.05) is 18.8 Å². The zero-order valence-corrected chi connectivity index (χ0v) is 23.1. The average molecular weight is 556 g/mol. The Bertz CT molecular complexity index is 1330. The quantitative estimate of drug-likeness (QED) is 0.321. The molecule has 0 spiro atoms. The van der Waals surface area contributed by atoms with Gasteiger partial charge in [0.2, 0.25) is 5.91 Å². The number of benzene rings is 3. The van der Waals surface area contributed by atoms with E-state index in [9.17, 15) is 22.4 Å². The lowest BCUT2D eigenvalue weighted by atomic mass is 10.1. The molecule has 10 heteroatoms. The summed E-state index contributed by atoms with van der Waals surface area (Å²) in [5.74, 6) is -0.380. The number of halogens is 1. The van der Waals surface area contributed by atoms with E-state index in [0.29, 0.717) is 12.5 Å². The fourth-order valence-corrected chi connectivity index (χ4v) is 4.73. The first-order chi connectivity index (χ1) is 18.5. The molecule has 0 fully saturated rings. The number of rotatable bonds is 13. The standard InChI is InChI=1S/C29H34FN3O5S/c1-21(2)17-18-31-29(35)22(3)33(19-23-7-5-4-6-8-23)28(34)20-38-26-13-15-27(16-14-26)39(36,37)32-25-11-9-24(30)10-12-25/h4-16,21-22,32H,17-20H2,1-3H3,(H,31,35)/t22-/m0/s1. The van der Waals surface area contributed by atoms with Crippen LogP contribution in [-0.2, 0) is 26.2 Å². The molecule has 2 amide bonds. The summed E-state index contributed by atoms with van der Waals surface area (Å²) >= 11 is 0. The lowest BCUT2D eigenvalue weighted by Crippen LogP contribution is -2.49. The molecule has 2 N–H and O–H groups in total. The van der Waals surface area contributed by atoms with Crippen LogP contribution in [0.3, 0.4) is 0 Å². The topological polar surface area (TPSA) is 105 Å². The Morgan fingerprint density at radius 1 is 0.923 bits per heavy atom. The van der Waals surface area contributed by atoms with Crippen LogP contribution in [0.1, 0.15) is 32.8 Å². The molecule has 0 aliphatic carbocycles. The number of ether oxygens (including phenoxy) is 1. The number of nitrogens with one attached hydrogen (secondary N) is 2. The van der Waals surface area contributed by atoms with Crippen molar-refractivity contribution < 1.29 is 27.1 Å². The zero-order valence-electron chi connectivity index (χ0n) is 22.3. The smallest absolute Gasteiger partial charge is 0.261 e. The van der Waals surface area contributed by atoms with Crippen molar-refractivity contribution in [2.75, 3.05) is 17.9 Å². The number of carbonyl (C=O) groups is 2. The van der Waals surface area contributed by atoms with Gasteiger partial charge in [0.15, 0.2) is 6.61 Å². The molecule has 0 saturated carbocycles. The lowest BCUT2D eigenvalue weighted by Gasteiger charge is -2.29. The molecule has 3 rings (SSSR count). The molecule has 0 aromatic heterocycles. The number of amides is 2. The summed E-state index contributed by atoms with van der Waals surface area (Å²) in [5, 5.41) is 2.89. The van der Waals surface area contributed by atoms with E-state index in [4.69, 9.17) is 4.74 Å². The molecular weight excluding hydrogens is 521 g/mol. The third-order valence-electron chi connectivity index (χ3n) is 5.98. The number of sulfonamides is 1. The Balaban J connectivity index is 1.65. The summed E-state index contributed by atoms with van der Waals surface area (Å²) in [7, 11) is -3.90. The average Bonchev–Trinajstić information content (AvgIpc) is 2.91. The minimum atomic E-state index is -3.90. The highest BCUT2D eigenvalue weighted by molar-refractivity contribution is 7.92. The molecule has 8 nitrogen and oxygen atoms in total. The van der Waals surface area contributed by atoms with Crippen LogP contribution in [0.25, 0.3) is 0 Å². The first-order valence-corrected chi connectivity index (χ1v) is 14.2. The van der Waals surface area contributed by atoms with Crippen molar-refractivity contribution in [3.8, 4) is 5.75 Å². The van der Waals surface area contributed by atoms with Crippen molar-refractivity contribution in [1.29, 1.82) is 0 Å². The van der Waals surface area contributed by atoms with E-state index in [1.54, 1.807) is 6.92 Å². The van der Waals surface area contributed by atoms with Crippen LogP contribution >= 0.6 is 0 Å². The third kappa shape index (κ3) is 9.10. The summed E-state index contributed by atoms with van der Waals surface area (Å²) in [6.07, 6.45) is 0.833. The Morgan fingerprint density at radius 3 is 2.18 bits per heavy atom. The second-order valence-electron chi connectivity index (χ2n) is 9.53. The fourth-order valence-electron chi connectivity index (χ4n) is 3.67. The Hall–Kier alpha value is -3.92. The third-order valence-corrected chi connectivity index (χ3v) is 7.37. The number of hydrogen-bond donors (Lipinski definition) is 2. The van der Waals surface area contributed by atoms with E-state index >= 15 is 0 Å². The maximum atomic E-state index is 13.2. The molecule has 3 aromatic carbocycles. The second-order valence-corrected chi connectivity index (χ2v) is 11.2. The highest BCUT2D eigenvalue weighted by atomic mass is 32.2. The molecule has 208 valence electrons. The van der Waals surface area contributed by atoms with Crippen LogP contribution in [0.5, 0.6) is 5.75 Å². The van der Waals surface area contributed by atoms with E-state index in [1.165, 1.54) is 41.3 Å². The van der Waals surface area contributed by atoms with Crippen molar-refractivity contribution in [2.24, 2.45) is 5.92 Å². The number of carbonyl (C=O) groups excluding carboxylic acids is 2. The lowest BCUT2D eigenvalue weighted by molar-refractivity contribution is -0.142. The van der Waals surface area contributed by atoms with Crippen LogP contribution in [-0.4, -0.2) is 44.3 Å². The molecule has 0 unspecified atom stereocenters. The number of hydrogen-bond acceptors (Lipinski definition) is 5. The van der Waals surface area contributed by atoms with Crippen molar-refractivity contribution >= 4 is 27.5 Å². The van der Waals surface area contributed by atoms with Gasteiger partial charge in [-0.2, -0.15) is 0 Å². The summed E-state index contributed by atoms with van der Waals surface area (Å²) in [6, 6.07) is 19.2. The summed E-state index contributed by atoms with van der Waals surface area (Å²) < 4.78 is 46.4. The van der Waals surface area contributed by atoms with Crippen molar-refractivity contribution in [2.45, 2.75) is 44.7 Å². The van der Waals surface area contributed by atoms with Gasteiger partial charge < -0.3 is 15.0 Å². The van der Waals surface area contributed by atoms with Crippen LogP contribution in [0, 0.1) is 11.7 Å². The number of nitrogens with zero attached hydrogens (tertiary/aromatic N) is 1. The zero-order chi connectivity index (χ0) is 28.4. The van der Waals surface area contributed by atoms with Crippen LogP contribution in [0.4, 0.5) is 10.1 Å². The Kier molecular flexibility index (Phi) is 10.4. The second kappa shape index (κ2) is 13.7. The van der Waals surface area contributed by atoms with Crippen molar-refractivity contribution in [1.82, 2.24) is 10.2 Å². The van der Waals surface area contributed by atoms with Gasteiger partial charge in [-0.25, -0.2) is 12.8 Å². The summed E-state index contributed by atoms with van der Waals surface area (Å²) in [4.78, 5) is 27.4. The fraction of sp³-hybridized carbons (Fsp3) is 0.310.